The number of carbonyl (C=O) groups excluding carboxylic acids is 2. The lowest BCUT2D eigenvalue weighted by atomic mass is 10.1. The summed E-state index contributed by atoms with van der Waals surface area (Å²) < 4.78 is 5.23. The zero-order valence-corrected chi connectivity index (χ0v) is 8.79. The van der Waals surface area contributed by atoms with Crippen molar-refractivity contribution in [1.29, 1.82) is 0 Å². The molecule has 0 saturated heterocycles. The van der Waals surface area contributed by atoms with E-state index in [2.05, 4.69) is 4.99 Å². The van der Waals surface area contributed by atoms with Crippen LogP contribution in [0.2, 0.25) is 0 Å². The van der Waals surface area contributed by atoms with E-state index in [1.54, 1.807) is 0 Å². The molecule has 78 valence electrons. The van der Waals surface area contributed by atoms with Gasteiger partial charge in [-0.25, -0.2) is 9.79 Å². The summed E-state index contributed by atoms with van der Waals surface area (Å²) in [5.41, 5.74) is -0.998. The van der Waals surface area contributed by atoms with Crippen LogP contribution < -0.4 is 0 Å². The largest absolute Gasteiger partial charge is 0.459 e. The third-order valence-electron chi connectivity index (χ3n) is 2.13. The Morgan fingerprint density at radius 2 is 2.07 bits per heavy atom. The van der Waals surface area contributed by atoms with E-state index >= 15 is 0 Å². The van der Waals surface area contributed by atoms with Crippen LogP contribution in [-0.4, -0.2) is 24.2 Å². The SMILES string of the molecule is CC(C)(C)OC(=O)C1(CN=C=O)CC1. The number of hydrogen-bond donors (Lipinski definition) is 0. The number of isocyanates is 1. The number of esters is 1. The van der Waals surface area contributed by atoms with E-state index in [-0.39, 0.29) is 12.5 Å². The number of aliphatic imine (C=N–C) groups is 1. The molecule has 4 heteroatoms. The van der Waals surface area contributed by atoms with Crippen molar-refractivity contribution in [1.82, 2.24) is 0 Å². The minimum absolute atomic E-state index is 0.214. The first-order valence-corrected chi connectivity index (χ1v) is 4.67. The van der Waals surface area contributed by atoms with Crippen molar-refractivity contribution >= 4 is 12.0 Å². The Bertz CT molecular complexity index is 280. The molecule has 0 aromatic rings. The molecular formula is C10H15NO3. The second-order valence-corrected chi connectivity index (χ2v) is 4.69. The molecule has 0 N–H and O–H groups in total. The molecule has 0 atom stereocenters. The Balaban J connectivity index is 2.56. The molecule has 1 rings (SSSR count). The maximum atomic E-state index is 11.6. The molecule has 0 spiro atoms. The van der Waals surface area contributed by atoms with Gasteiger partial charge >= 0.3 is 5.97 Å². The Labute approximate surface area is 83.3 Å². The molecular weight excluding hydrogens is 182 g/mol. The van der Waals surface area contributed by atoms with Crippen LogP contribution in [0.5, 0.6) is 0 Å². The molecule has 1 aliphatic carbocycles. The predicted octanol–water partition coefficient (Wildman–Crippen LogP) is 1.44. The summed E-state index contributed by atoms with van der Waals surface area (Å²) >= 11 is 0. The number of rotatable bonds is 3. The molecule has 4 nitrogen and oxygen atoms in total. The van der Waals surface area contributed by atoms with Crippen molar-refractivity contribution in [2.75, 3.05) is 6.54 Å². The second kappa shape index (κ2) is 3.54. The van der Waals surface area contributed by atoms with Gasteiger partial charge in [-0.1, -0.05) is 0 Å². The van der Waals surface area contributed by atoms with Crippen molar-refractivity contribution in [2.45, 2.75) is 39.2 Å². The first-order chi connectivity index (χ1) is 6.40. The normalized spacial score (nSPS) is 18.2. The van der Waals surface area contributed by atoms with E-state index in [9.17, 15) is 9.59 Å². The van der Waals surface area contributed by atoms with Crippen molar-refractivity contribution in [3.05, 3.63) is 0 Å². The fourth-order valence-electron chi connectivity index (χ4n) is 1.15. The lowest BCUT2D eigenvalue weighted by molar-refractivity contribution is -0.161. The van der Waals surface area contributed by atoms with Crippen LogP contribution in [0.25, 0.3) is 0 Å². The average Bonchev–Trinajstić information content (AvgIpc) is 2.78. The first kappa shape index (κ1) is 10.9. The fourth-order valence-corrected chi connectivity index (χ4v) is 1.15. The summed E-state index contributed by atoms with van der Waals surface area (Å²) in [4.78, 5) is 25.0. The highest BCUT2D eigenvalue weighted by molar-refractivity contribution is 5.80. The molecule has 0 radical (unpaired) electrons. The molecule has 1 aliphatic rings. The van der Waals surface area contributed by atoms with E-state index in [0.29, 0.717) is 0 Å². The van der Waals surface area contributed by atoms with Crippen LogP contribution >= 0.6 is 0 Å². The summed E-state index contributed by atoms with van der Waals surface area (Å²) in [6.07, 6.45) is 2.96. The Kier molecular flexibility index (Phi) is 2.76. The lowest BCUT2D eigenvalue weighted by Crippen LogP contribution is -2.31. The van der Waals surface area contributed by atoms with Crippen LogP contribution in [0.1, 0.15) is 33.6 Å². The third kappa shape index (κ3) is 2.67. The van der Waals surface area contributed by atoms with Crippen molar-refractivity contribution in [2.24, 2.45) is 10.4 Å². The van der Waals surface area contributed by atoms with Gasteiger partial charge in [-0.05, 0) is 33.6 Å². The van der Waals surface area contributed by atoms with E-state index in [4.69, 9.17) is 4.74 Å². The molecule has 0 aromatic carbocycles. The number of ether oxygens (including phenoxy) is 1. The molecule has 0 unspecified atom stereocenters. The van der Waals surface area contributed by atoms with Gasteiger partial charge in [0.1, 0.15) is 5.60 Å². The van der Waals surface area contributed by atoms with Crippen LogP contribution in [0.15, 0.2) is 4.99 Å². The van der Waals surface area contributed by atoms with Gasteiger partial charge in [-0.2, -0.15) is 0 Å². The zero-order valence-electron chi connectivity index (χ0n) is 8.79. The molecule has 0 bridgehead atoms. The summed E-state index contributed by atoms with van der Waals surface area (Å²) in [5.74, 6) is -0.246. The maximum absolute atomic E-state index is 11.6. The number of hydrogen-bond acceptors (Lipinski definition) is 4. The molecule has 14 heavy (non-hydrogen) atoms. The van der Waals surface area contributed by atoms with E-state index in [0.717, 1.165) is 12.8 Å². The van der Waals surface area contributed by atoms with Crippen LogP contribution in [0.4, 0.5) is 0 Å². The molecule has 0 heterocycles. The van der Waals surface area contributed by atoms with Gasteiger partial charge in [0, 0.05) is 0 Å². The Hall–Kier alpha value is -1.15. The molecule has 1 saturated carbocycles. The van der Waals surface area contributed by atoms with Gasteiger partial charge in [0.05, 0.1) is 12.0 Å². The van der Waals surface area contributed by atoms with Gasteiger partial charge in [-0.3, -0.25) is 4.79 Å². The quantitative estimate of drug-likeness (QED) is 0.391. The van der Waals surface area contributed by atoms with Gasteiger partial charge < -0.3 is 4.74 Å². The van der Waals surface area contributed by atoms with E-state index in [1.165, 1.54) is 6.08 Å². The van der Waals surface area contributed by atoms with E-state index < -0.39 is 11.0 Å². The average molecular weight is 197 g/mol. The Morgan fingerprint density at radius 3 is 2.43 bits per heavy atom. The Morgan fingerprint density at radius 1 is 1.50 bits per heavy atom. The summed E-state index contributed by atoms with van der Waals surface area (Å²) in [5, 5.41) is 0. The molecule has 0 aliphatic heterocycles. The van der Waals surface area contributed by atoms with Gasteiger partial charge in [-0.15, -0.1) is 0 Å². The van der Waals surface area contributed by atoms with Gasteiger partial charge in [0.2, 0.25) is 6.08 Å². The number of carbonyl (C=O) groups is 1. The molecule has 0 amide bonds. The molecule has 0 aromatic heterocycles. The van der Waals surface area contributed by atoms with Gasteiger partial charge in [0.25, 0.3) is 0 Å². The van der Waals surface area contributed by atoms with Crippen LogP contribution in [0.3, 0.4) is 0 Å². The molecule has 1 fully saturated rings. The van der Waals surface area contributed by atoms with Crippen LogP contribution in [0, 0.1) is 5.41 Å². The monoisotopic (exact) mass is 197 g/mol. The minimum Gasteiger partial charge on any atom is -0.459 e. The summed E-state index contributed by atoms with van der Waals surface area (Å²) in [7, 11) is 0. The van der Waals surface area contributed by atoms with Crippen molar-refractivity contribution < 1.29 is 14.3 Å². The smallest absolute Gasteiger partial charge is 0.314 e. The highest BCUT2D eigenvalue weighted by atomic mass is 16.6. The highest BCUT2D eigenvalue weighted by Gasteiger charge is 2.52. The topological polar surface area (TPSA) is 55.7 Å². The maximum Gasteiger partial charge on any atom is 0.314 e. The third-order valence-corrected chi connectivity index (χ3v) is 2.13. The fraction of sp³-hybridized carbons (Fsp3) is 0.800. The zero-order chi connectivity index (χ0) is 10.8. The summed E-state index contributed by atoms with van der Waals surface area (Å²) in [6, 6.07) is 0. The first-order valence-electron chi connectivity index (χ1n) is 4.67. The van der Waals surface area contributed by atoms with Crippen molar-refractivity contribution in [3.63, 3.8) is 0 Å². The van der Waals surface area contributed by atoms with Crippen molar-refractivity contribution in [3.8, 4) is 0 Å². The van der Waals surface area contributed by atoms with Crippen LogP contribution in [-0.2, 0) is 14.3 Å². The number of nitrogens with zero attached hydrogens (tertiary/aromatic N) is 1. The predicted molar refractivity (Wildman–Crippen MR) is 50.5 cm³/mol. The minimum atomic E-state index is -0.523. The second-order valence-electron chi connectivity index (χ2n) is 4.69. The standard InChI is InChI=1S/C10H15NO3/c1-9(2,3)14-8(13)10(4-5-10)6-11-7-12/h4-6H2,1-3H3. The van der Waals surface area contributed by atoms with E-state index in [1.807, 2.05) is 20.8 Å². The highest BCUT2D eigenvalue weighted by Crippen LogP contribution is 2.47. The summed E-state index contributed by atoms with van der Waals surface area (Å²) in [6.45, 7) is 5.68. The van der Waals surface area contributed by atoms with Gasteiger partial charge in [0.15, 0.2) is 0 Å². The lowest BCUT2D eigenvalue weighted by Gasteiger charge is -2.22.